The molecule has 0 fully saturated rings. The highest BCUT2D eigenvalue weighted by molar-refractivity contribution is 5.82. The van der Waals surface area contributed by atoms with Gasteiger partial charge in [0.05, 0.1) is 0 Å². The van der Waals surface area contributed by atoms with E-state index >= 15 is 0 Å². The lowest BCUT2D eigenvalue weighted by Gasteiger charge is -2.17. The highest BCUT2D eigenvalue weighted by atomic mass is 16.6. The Morgan fingerprint density at radius 3 is 2.00 bits per heavy atom. The Bertz CT molecular complexity index is 577. The van der Waals surface area contributed by atoms with E-state index in [0.717, 1.165) is 4.57 Å². The molecule has 146 valence electrons. The first-order chi connectivity index (χ1) is 12.4. The van der Waals surface area contributed by atoms with Crippen molar-refractivity contribution in [3.8, 4) is 11.8 Å². The number of aromatic nitrogens is 1. The normalized spacial score (nSPS) is 10.4. The fourth-order valence-corrected chi connectivity index (χ4v) is 1.88. The van der Waals surface area contributed by atoms with Crippen LogP contribution in [0.4, 0.5) is 9.59 Å². The first-order valence-electron chi connectivity index (χ1n) is 7.82. The highest BCUT2D eigenvalue weighted by Gasteiger charge is 2.17. The molecule has 1 heterocycles. The molecule has 0 aromatic carbocycles. The number of rotatable bonds is 9. The summed E-state index contributed by atoms with van der Waals surface area (Å²) < 4.78 is 16.0. The quantitative estimate of drug-likeness (QED) is 0.455. The molecule has 2 amide bonds. The summed E-state index contributed by atoms with van der Waals surface area (Å²) in [4.78, 5) is 34.2. The summed E-state index contributed by atoms with van der Waals surface area (Å²) in [5, 5.41) is 23.5. The molecule has 0 bridgehead atoms. The maximum Gasteiger partial charge on any atom is 0.406 e. The molecule has 0 saturated carbocycles. The molecular weight excluding hydrogens is 350 g/mol. The molecule has 0 aliphatic heterocycles. The molecule has 1 aromatic heterocycles. The number of aromatic hydroxyl groups is 2. The highest BCUT2D eigenvalue weighted by Crippen LogP contribution is 2.21. The third-order valence-electron chi connectivity index (χ3n) is 3.19. The van der Waals surface area contributed by atoms with Gasteiger partial charge in [-0.1, -0.05) is 0 Å². The van der Waals surface area contributed by atoms with E-state index in [1.807, 2.05) is 0 Å². The lowest BCUT2D eigenvalue weighted by molar-refractivity contribution is -0.0289. The van der Waals surface area contributed by atoms with Gasteiger partial charge in [0.15, 0.2) is 0 Å². The fourth-order valence-electron chi connectivity index (χ4n) is 1.88. The summed E-state index contributed by atoms with van der Waals surface area (Å²) in [5.41, 5.74) is 0. The van der Waals surface area contributed by atoms with Gasteiger partial charge in [-0.2, -0.15) is 0 Å². The maximum absolute atomic E-state index is 11.9. The van der Waals surface area contributed by atoms with E-state index in [4.69, 9.17) is 14.2 Å². The van der Waals surface area contributed by atoms with E-state index in [1.54, 1.807) is 0 Å². The van der Waals surface area contributed by atoms with Crippen LogP contribution in [0.5, 0.6) is 11.8 Å². The number of carbonyl (C=O) groups is 3. The largest absolute Gasteiger partial charge is 0.494 e. The summed E-state index contributed by atoms with van der Waals surface area (Å²) in [6.45, 7) is -0.193. The van der Waals surface area contributed by atoms with Crippen molar-refractivity contribution in [1.82, 2.24) is 15.2 Å². The zero-order valence-electron chi connectivity index (χ0n) is 14.6. The predicted molar refractivity (Wildman–Crippen MR) is 88.2 cm³/mol. The Hall–Kier alpha value is -2.95. The topological polar surface area (TPSA) is 148 Å². The van der Waals surface area contributed by atoms with E-state index < -0.39 is 24.2 Å². The second-order valence-electron chi connectivity index (χ2n) is 5.07. The van der Waals surface area contributed by atoms with Crippen molar-refractivity contribution >= 4 is 18.1 Å². The van der Waals surface area contributed by atoms with Crippen LogP contribution >= 0.6 is 0 Å². The van der Waals surface area contributed by atoms with Crippen molar-refractivity contribution in [2.75, 3.05) is 33.9 Å². The Kier molecular flexibility index (Phi) is 8.78. The number of hydrogen-bond acceptors (Lipinski definition) is 8. The molecule has 0 saturated heterocycles. The summed E-state index contributed by atoms with van der Waals surface area (Å²) in [6.07, 6.45) is -1.77. The van der Waals surface area contributed by atoms with Crippen LogP contribution in [-0.4, -0.2) is 72.9 Å². The van der Waals surface area contributed by atoms with Gasteiger partial charge in [-0.25, -0.2) is 14.2 Å². The maximum atomic E-state index is 11.9. The van der Waals surface area contributed by atoms with E-state index in [2.05, 4.69) is 10.6 Å². The number of carbonyl (C=O) groups excluding carboxylic acids is 3. The number of amides is 2. The van der Waals surface area contributed by atoms with Gasteiger partial charge in [0.1, 0.15) is 19.3 Å². The summed E-state index contributed by atoms with van der Waals surface area (Å²) in [5.74, 6) is -1.22. The van der Waals surface area contributed by atoms with E-state index in [9.17, 15) is 24.6 Å². The molecule has 0 aliphatic carbocycles. The number of hydrogen-bond donors (Lipinski definition) is 4. The Morgan fingerprint density at radius 1 is 1.04 bits per heavy atom. The lowest BCUT2D eigenvalue weighted by atomic mass is 10.3. The summed E-state index contributed by atoms with van der Waals surface area (Å²) >= 11 is 0. The fraction of sp³-hybridized carbons (Fsp3) is 0.533. The number of ether oxygens (including phenoxy) is 3. The van der Waals surface area contributed by atoms with Crippen molar-refractivity contribution in [2.24, 2.45) is 0 Å². The SMILES string of the molecule is CNC(=O)OCC(COC(=O)NC)OCCCC(=O)n1c(O)ccc1O. The van der Waals surface area contributed by atoms with Gasteiger partial charge < -0.3 is 35.1 Å². The molecular formula is C15H23N3O8. The molecule has 0 radical (unpaired) electrons. The van der Waals surface area contributed by atoms with Gasteiger partial charge in [0.25, 0.3) is 0 Å². The van der Waals surface area contributed by atoms with Crippen molar-refractivity contribution in [3.05, 3.63) is 12.1 Å². The monoisotopic (exact) mass is 373 g/mol. The third-order valence-corrected chi connectivity index (χ3v) is 3.19. The molecule has 0 unspecified atom stereocenters. The molecule has 11 nitrogen and oxygen atoms in total. The third kappa shape index (κ3) is 6.89. The molecule has 1 aromatic rings. The number of alkyl carbamates (subject to hydrolysis) is 2. The van der Waals surface area contributed by atoms with Gasteiger partial charge in [0.2, 0.25) is 17.7 Å². The minimum atomic E-state index is -0.715. The average Bonchev–Trinajstić information content (AvgIpc) is 2.97. The van der Waals surface area contributed by atoms with Crippen LogP contribution in [-0.2, 0) is 14.2 Å². The van der Waals surface area contributed by atoms with Crippen molar-refractivity contribution in [3.63, 3.8) is 0 Å². The van der Waals surface area contributed by atoms with Crippen LogP contribution in [0.25, 0.3) is 0 Å². The minimum absolute atomic E-state index is 0.00483. The Labute approximate surface area is 149 Å². The van der Waals surface area contributed by atoms with Crippen LogP contribution in [0.3, 0.4) is 0 Å². The standard InChI is InChI=1S/C15H23N3O8/c1-16-14(22)25-8-10(9-26-15(23)17-2)24-7-3-4-11(19)18-12(20)5-6-13(18)21/h5-6,10,20-21H,3-4,7-9H2,1-2H3,(H,16,22)(H,17,23). The van der Waals surface area contributed by atoms with Crippen LogP contribution in [0.1, 0.15) is 17.6 Å². The van der Waals surface area contributed by atoms with Crippen molar-refractivity contribution in [1.29, 1.82) is 0 Å². The predicted octanol–water partition coefficient (Wildman–Crippen LogP) is 0.417. The summed E-state index contributed by atoms with van der Waals surface area (Å²) in [7, 11) is 2.80. The molecule has 26 heavy (non-hydrogen) atoms. The van der Waals surface area contributed by atoms with E-state index in [0.29, 0.717) is 0 Å². The molecule has 0 atom stereocenters. The van der Waals surface area contributed by atoms with Crippen LogP contribution < -0.4 is 10.6 Å². The molecule has 11 heteroatoms. The van der Waals surface area contributed by atoms with E-state index in [1.165, 1.54) is 26.2 Å². The second kappa shape index (κ2) is 10.8. The van der Waals surface area contributed by atoms with Crippen molar-refractivity contribution in [2.45, 2.75) is 18.9 Å². The van der Waals surface area contributed by atoms with Gasteiger partial charge in [-0.15, -0.1) is 0 Å². The van der Waals surface area contributed by atoms with E-state index in [-0.39, 0.29) is 44.4 Å². The van der Waals surface area contributed by atoms with Gasteiger partial charge in [-0.05, 0) is 6.42 Å². The van der Waals surface area contributed by atoms with Gasteiger partial charge in [0, 0.05) is 39.3 Å². The minimum Gasteiger partial charge on any atom is -0.494 e. The van der Waals surface area contributed by atoms with Crippen LogP contribution in [0, 0.1) is 0 Å². The summed E-state index contributed by atoms with van der Waals surface area (Å²) in [6, 6.07) is 2.40. The average molecular weight is 373 g/mol. The van der Waals surface area contributed by atoms with Crippen LogP contribution in [0.2, 0.25) is 0 Å². The first kappa shape index (κ1) is 21.1. The lowest BCUT2D eigenvalue weighted by Crippen LogP contribution is -2.33. The molecule has 4 N–H and O–H groups in total. The molecule has 0 spiro atoms. The van der Waals surface area contributed by atoms with Gasteiger partial charge in [-0.3, -0.25) is 4.79 Å². The van der Waals surface area contributed by atoms with Crippen molar-refractivity contribution < 1.29 is 38.8 Å². The van der Waals surface area contributed by atoms with Gasteiger partial charge >= 0.3 is 12.2 Å². The second-order valence-corrected chi connectivity index (χ2v) is 5.07. The Morgan fingerprint density at radius 2 is 1.54 bits per heavy atom. The molecule has 1 rings (SSSR count). The van der Waals surface area contributed by atoms with Crippen LogP contribution in [0.15, 0.2) is 12.1 Å². The zero-order valence-corrected chi connectivity index (χ0v) is 14.6. The molecule has 0 aliphatic rings. The number of nitrogens with one attached hydrogen (secondary N) is 2. The Balaban J connectivity index is 2.42. The number of nitrogens with zero attached hydrogens (tertiary/aromatic N) is 1. The first-order valence-corrected chi connectivity index (χ1v) is 7.82. The smallest absolute Gasteiger partial charge is 0.406 e. The zero-order chi connectivity index (χ0) is 19.5.